The third kappa shape index (κ3) is 11.0. The first-order chi connectivity index (χ1) is 11.8. The van der Waals surface area contributed by atoms with E-state index in [1.54, 1.807) is 0 Å². The minimum absolute atomic E-state index is 0.117. The lowest BCUT2D eigenvalue weighted by atomic mass is 9.88. The van der Waals surface area contributed by atoms with Gasteiger partial charge in [0.15, 0.2) is 0 Å². The Kier molecular flexibility index (Phi) is 13.2. The highest BCUT2D eigenvalue weighted by Gasteiger charge is 2.22. The summed E-state index contributed by atoms with van der Waals surface area (Å²) >= 11 is 0. The Morgan fingerprint density at radius 1 is 0.800 bits per heavy atom. The van der Waals surface area contributed by atoms with Crippen LogP contribution in [-0.2, 0) is 9.59 Å². The zero-order valence-corrected chi connectivity index (χ0v) is 16.6. The van der Waals surface area contributed by atoms with Crippen molar-refractivity contribution in [3.63, 3.8) is 0 Å². The molecule has 1 unspecified atom stereocenters. The summed E-state index contributed by atoms with van der Waals surface area (Å²) in [5, 5.41) is 19.1. The molecule has 0 aliphatic heterocycles. The summed E-state index contributed by atoms with van der Waals surface area (Å²) in [5.74, 6) is -1.18. The molecule has 0 heterocycles. The van der Waals surface area contributed by atoms with Crippen LogP contribution in [0.2, 0.25) is 0 Å². The van der Waals surface area contributed by atoms with Gasteiger partial charge in [-0.15, -0.1) is 0 Å². The lowest BCUT2D eigenvalue weighted by Crippen LogP contribution is -2.15. The van der Waals surface area contributed by atoms with Gasteiger partial charge in [0.25, 0.3) is 0 Å². The molecule has 0 aromatic carbocycles. The summed E-state index contributed by atoms with van der Waals surface area (Å²) in [4.78, 5) is 23.3. The van der Waals surface area contributed by atoms with Crippen LogP contribution in [0.15, 0.2) is 11.1 Å². The average Bonchev–Trinajstić information content (AvgIpc) is 2.54. The van der Waals surface area contributed by atoms with E-state index in [-0.39, 0.29) is 17.1 Å². The molecule has 0 spiro atoms. The van der Waals surface area contributed by atoms with E-state index >= 15 is 0 Å². The highest BCUT2D eigenvalue weighted by molar-refractivity contribution is 5.98. The molecule has 0 amide bonds. The van der Waals surface area contributed by atoms with Gasteiger partial charge in [-0.1, -0.05) is 79.1 Å². The maximum Gasteiger partial charge on any atom is 0.332 e. The Morgan fingerprint density at radius 3 is 1.88 bits per heavy atom. The molecule has 0 bridgehead atoms. The lowest BCUT2D eigenvalue weighted by molar-refractivity contribution is -0.136. The van der Waals surface area contributed by atoms with Crippen molar-refractivity contribution in [2.75, 3.05) is 0 Å². The van der Waals surface area contributed by atoms with Crippen molar-refractivity contribution in [2.24, 2.45) is 11.8 Å². The van der Waals surface area contributed by atoms with Crippen LogP contribution < -0.4 is 0 Å². The molecule has 0 aliphatic carbocycles. The standard InChI is InChI=1S/C21H38O4/c1-5-7-13-17(6-2)15-19(21(24)25)18(20(22)23)14-11-9-8-10-12-16(3)4/h16-17H,5-15H2,1-4H3,(H,22,23)(H,24,25)/b19-18-. The van der Waals surface area contributed by atoms with Crippen molar-refractivity contribution >= 4 is 11.9 Å². The molecule has 4 heteroatoms. The van der Waals surface area contributed by atoms with Gasteiger partial charge in [-0.25, -0.2) is 9.59 Å². The first-order valence-corrected chi connectivity index (χ1v) is 10.0. The monoisotopic (exact) mass is 354 g/mol. The molecular formula is C21H38O4. The third-order valence-electron chi connectivity index (χ3n) is 4.87. The average molecular weight is 355 g/mol. The predicted octanol–water partition coefficient (Wildman–Crippen LogP) is 6.06. The Morgan fingerprint density at radius 2 is 1.40 bits per heavy atom. The molecule has 0 aliphatic rings. The fourth-order valence-electron chi connectivity index (χ4n) is 3.17. The van der Waals surface area contributed by atoms with Crippen LogP contribution in [0.3, 0.4) is 0 Å². The zero-order valence-electron chi connectivity index (χ0n) is 16.6. The molecule has 0 aromatic heterocycles. The summed E-state index contributed by atoms with van der Waals surface area (Å²) in [5.41, 5.74) is 0.240. The second-order valence-electron chi connectivity index (χ2n) is 7.53. The maximum atomic E-state index is 11.7. The van der Waals surface area contributed by atoms with Crippen molar-refractivity contribution in [1.29, 1.82) is 0 Å². The largest absolute Gasteiger partial charge is 0.478 e. The number of carboxylic acids is 2. The Hall–Kier alpha value is -1.32. The van der Waals surface area contributed by atoms with Gasteiger partial charge in [0, 0.05) is 11.1 Å². The molecule has 1 atom stereocenters. The number of carbonyl (C=O) groups is 2. The minimum Gasteiger partial charge on any atom is -0.478 e. The van der Waals surface area contributed by atoms with E-state index in [1.807, 2.05) is 0 Å². The van der Waals surface area contributed by atoms with Crippen LogP contribution in [0, 0.1) is 11.8 Å². The van der Waals surface area contributed by atoms with Crippen molar-refractivity contribution < 1.29 is 19.8 Å². The molecule has 2 N–H and O–H groups in total. The van der Waals surface area contributed by atoms with E-state index < -0.39 is 11.9 Å². The van der Waals surface area contributed by atoms with Gasteiger partial charge in [-0.2, -0.15) is 0 Å². The van der Waals surface area contributed by atoms with Crippen molar-refractivity contribution in [1.82, 2.24) is 0 Å². The quantitative estimate of drug-likeness (QED) is 0.277. The number of aliphatic carboxylic acids is 2. The van der Waals surface area contributed by atoms with Crippen LogP contribution in [0.1, 0.15) is 98.3 Å². The lowest BCUT2D eigenvalue weighted by Gasteiger charge is -2.17. The van der Waals surface area contributed by atoms with Gasteiger partial charge in [-0.3, -0.25) is 0 Å². The van der Waals surface area contributed by atoms with E-state index in [1.165, 1.54) is 6.42 Å². The zero-order chi connectivity index (χ0) is 19.2. The maximum absolute atomic E-state index is 11.7. The second-order valence-corrected chi connectivity index (χ2v) is 7.53. The highest BCUT2D eigenvalue weighted by atomic mass is 16.4. The van der Waals surface area contributed by atoms with Gasteiger partial charge in [-0.05, 0) is 31.1 Å². The minimum atomic E-state index is -1.06. The van der Waals surface area contributed by atoms with E-state index in [4.69, 9.17) is 0 Å². The van der Waals surface area contributed by atoms with E-state index in [0.717, 1.165) is 51.4 Å². The smallest absolute Gasteiger partial charge is 0.332 e. The number of carboxylic acid groups (broad SMARTS) is 2. The molecule has 0 saturated carbocycles. The predicted molar refractivity (Wildman–Crippen MR) is 103 cm³/mol. The molecule has 0 fully saturated rings. The molecule has 4 nitrogen and oxygen atoms in total. The molecule has 146 valence electrons. The highest BCUT2D eigenvalue weighted by Crippen LogP contribution is 2.26. The van der Waals surface area contributed by atoms with Gasteiger partial charge >= 0.3 is 11.9 Å². The molecule has 0 radical (unpaired) electrons. The number of hydrogen-bond donors (Lipinski definition) is 2. The van der Waals surface area contributed by atoms with Gasteiger partial charge in [0.1, 0.15) is 0 Å². The Bertz CT molecular complexity index is 424. The van der Waals surface area contributed by atoms with Crippen molar-refractivity contribution in [3.8, 4) is 0 Å². The fourth-order valence-corrected chi connectivity index (χ4v) is 3.17. The van der Waals surface area contributed by atoms with E-state index in [0.29, 0.717) is 18.8 Å². The van der Waals surface area contributed by atoms with Gasteiger partial charge < -0.3 is 10.2 Å². The Balaban J connectivity index is 4.83. The van der Waals surface area contributed by atoms with E-state index in [2.05, 4.69) is 27.7 Å². The third-order valence-corrected chi connectivity index (χ3v) is 4.87. The number of rotatable bonds is 15. The second kappa shape index (κ2) is 13.9. The summed E-state index contributed by atoms with van der Waals surface area (Å²) in [7, 11) is 0. The normalized spacial score (nSPS) is 13.6. The topological polar surface area (TPSA) is 74.6 Å². The van der Waals surface area contributed by atoms with Crippen LogP contribution in [0.25, 0.3) is 0 Å². The summed E-state index contributed by atoms with van der Waals surface area (Å²) in [6.07, 6.45) is 9.87. The fraction of sp³-hybridized carbons (Fsp3) is 0.810. The van der Waals surface area contributed by atoms with Crippen LogP contribution >= 0.6 is 0 Å². The molecule has 25 heavy (non-hydrogen) atoms. The first kappa shape index (κ1) is 23.7. The molecule has 0 saturated heterocycles. The van der Waals surface area contributed by atoms with Crippen molar-refractivity contribution in [2.45, 2.75) is 98.3 Å². The summed E-state index contributed by atoms with van der Waals surface area (Å²) in [6.45, 7) is 8.57. The van der Waals surface area contributed by atoms with Crippen molar-refractivity contribution in [3.05, 3.63) is 11.1 Å². The van der Waals surface area contributed by atoms with Crippen LogP contribution in [-0.4, -0.2) is 22.2 Å². The van der Waals surface area contributed by atoms with Crippen LogP contribution in [0.4, 0.5) is 0 Å². The molecule has 0 rings (SSSR count). The molecule has 0 aromatic rings. The number of hydrogen-bond acceptors (Lipinski definition) is 2. The van der Waals surface area contributed by atoms with Gasteiger partial charge in [0.05, 0.1) is 0 Å². The Labute approximate surface area is 153 Å². The number of unbranched alkanes of at least 4 members (excludes halogenated alkanes) is 4. The van der Waals surface area contributed by atoms with Gasteiger partial charge in [0.2, 0.25) is 0 Å². The van der Waals surface area contributed by atoms with E-state index in [9.17, 15) is 19.8 Å². The summed E-state index contributed by atoms with van der Waals surface area (Å²) < 4.78 is 0. The SMILES string of the molecule is CCCCC(CC)C/C(C(=O)O)=C(\CCCCCCC(C)C)C(=O)O. The van der Waals surface area contributed by atoms with Crippen LogP contribution in [0.5, 0.6) is 0 Å². The first-order valence-electron chi connectivity index (χ1n) is 10.0. The molecular weight excluding hydrogens is 316 g/mol. The summed E-state index contributed by atoms with van der Waals surface area (Å²) in [6, 6.07) is 0.